The van der Waals surface area contributed by atoms with Gasteiger partial charge in [0, 0.05) is 32.2 Å². The summed E-state index contributed by atoms with van der Waals surface area (Å²) in [7, 11) is 1.76. The van der Waals surface area contributed by atoms with Crippen LogP contribution in [0.3, 0.4) is 0 Å². The number of nitrogens with one attached hydrogen (secondary N) is 1. The van der Waals surface area contributed by atoms with Crippen molar-refractivity contribution in [3.63, 3.8) is 0 Å². The van der Waals surface area contributed by atoms with Crippen molar-refractivity contribution in [2.75, 3.05) is 39.8 Å². The molecule has 0 aromatic carbocycles. The van der Waals surface area contributed by atoms with Crippen molar-refractivity contribution in [2.24, 2.45) is 0 Å². The first-order valence-corrected chi connectivity index (χ1v) is 8.00. The number of aliphatic carboxylic acids is 1. The van der Waals surface area contributed by atoms with Gasteiger partial charge in [-0.2, -0.15) is 0 Å². The highest BCUT2D eigenvalue weighted by Gasteiger charge is 2.35. The average Bonchev–Trinajstić information content (AvgIpc) is 3.29. The first-order valence-electron chi connectivity index (χ1n) is 8.00. The molecule has 1 atom stereocenters. The largest absolute Gasteiger partial charge is 0.480 e. The fraction of sp³-hybridized carbons (Fsp3) is 0.933. The molecule has 1 saturated carbocycles. The number of rotatable bonds is 8. The van der Waals surface area contributed by atoms with E-state index in [9.17, 15) is 9.90 Å². The third kappa shape index (κ3) is 3.71. The molecule has 0 amide bonds. The minimum atomic E-state index is -0.740. The first-order chi connectivity index (χ1) is 9.61. The Kier molecular flexibility index (Phi) is 5.41. The van der Waals surface area contributed by atoms with E-state index in [1.165, 1.54) is 25.9 Å². The third-order valence-corrected chi connectivity index (χ3v) is 5.04. The summed E-state index contributed by atoms with van der Waals surface area (Å²) >= 11 is 0. The summed E-state index contributed by atoms with van der Waals surface area (Å²) in [5, 5.41) is 12.4. The second kappa shape index (κ2) is 6.87. The Morgan fingerprint density at radius 2 is 1.95 bits per heavy atom. The summed E-state index contributed by atoms with van der Waals surface area (Å²) in [5.74, 6) is -0.721. The minimum absolute atomic E-state index is 0.633. The van der Waals surface area contributed by atoms with Gasteiger partial charge in [-0.3, -0.25) is 9.69 Å². The van der Waals surface area contributed by atoms with Crippen LogP contribution in [-0.4, -0.2) is 72.2 Å². The third-order valence-electron chi connectivity index (χ3n) is 5.04. The van der Waals surface area contributed by atoms with Crippen LogP contribution in [0.5, 0.6) is 0 Å². The number of carboxylic acids is 1. The molecule has 1 heterocycles. The first kappa shape index (κ1) is 15.7. The molecule has 1 saturated heterocycles. The molecule has 0 aromatic heterocycles. The number of carboxylic acid groups (broad SMARTS) is 1. The fourth-order valence-corrected chi connectivity index (χ4v) is 3.24. The summed E-state index contributed by atoms with van der Waals surface area (Å²) in [6.45, 7) is 7.63. The zero-order valence-corrected chi connectivity index (χ0v) is 12.9. The lowest BCUT2D eigenvalue weighted by molar-refractivity contribution is -0.145. The van der Waals surface area contributed by atoms with E-state index in [0.29, 0.717) is 12.8 Å². The Labute approximate surface area is 122 Å². The summed E-state index contributed by atoms with van der Waals surface area (Å²) in [6.07, 6.45) is 5.07. The van der Waals surface area contributed by atoms with Gasteiger partial charge in [0.25, 0.3) is 0 Å². The molecular formula is C15H29N3O2. The monoisotopic (exact) mass is 283 g/mol. The molecule has 0 spiro atoms. The van der Waals surface area contributed by atoms with Crippen LogP contribution in [0.15, 0.2) is 0 Å². The normalized spacial score (nSPS) is 24.5. The number of likely N-dealkylation sites (N-methyl/N-ethyl adjacent to an activating group) is 1. The van der Waals surface area contributed by atoms with Crippen LogP contribution in [0.2, 0.25) is 0 Å². The average molecular weight is 283 g/mol. The molecule has 0 bridgehead atoms. The zero-order valence-electron chi connectivity index (χ0n) is 12.9. The van der Waals surface area contributed by atoms with Crippen LogP contribution >= 0.6 is 0 Å². The Balaban J connectivity index is 1.68. The van der Waals surface area contributed by atoms with Crippen LogP contribution in [0.4, 0.5) is 0 Å². The van der Waals surface area contributed by atoms with Crippen molar-refractivity contribution < 1.29 is 9.90 Å². The summed E-state index contributed by atoms with van der Waals surface area (Å²) in [5.41, 5.74) is -0.740. The van der Waals surface area contributed by atoms with Gasteiger partial charge in [0.15, 0.2) is 0 Å². The highest BCUT2D eigenvalue weighted by atomic mass is 16.4. The van der Waals surface area contributed by atoms with E-state index in [1.54, 1.807) is 7.05 Å². The maximum absolute atomic E-state index is 11.4. The maximum Gasteiger partial charge on any atom is 0.323 e. The molecule has 0 aromatic rings. The Morgan fingerprint density at radius 3 is 2.40 bits per heavy atom. The van der Waals surface area contributed by atoms with Gasteiger partial charge in [-0.1, -0.05) is 6.92 Å². The number of nitrogens with zero attached hydrogens (tertiary/aromatic N) is 2. The van der Waals surface area contributed by atoms with Gasteiger partial charge in [-0.25, -0.2) is 0 Å². The predicted octanol–water partition coefficient (Wildman–Crippen LogP) is 0.999. The molecule has 1 aliphatic heterocycles. The van der Waals surface area contributed by atoms with E-state index in [4.69, 9.17) is 0 Å². The lowest BCUT2D eigenvalue weighted by Crippen LogP contribution is -2.51. The van der Waals surface area contributed by atoms with E-state index >= 15 is 0 Å². The Bertz CT molecular complexity index is 319. The van der Waals surface area contributed by atoms with Crippen molar-refractivity contribution in [2.45, 2.75) is 50.6 Å². The standard InChI is InChI=1S/C15H29N3O2/c1-3-15(16-2,14(19)20)7-4-8-17-9-11-18(12-10-17)13-5-6-13/h13,16H,3-12H2,1-2H3,(H,19,20). The zero-order chi connectivity index (χ0) is 14.6. The number of hydrogen-bond acceptors (Lipinski definition) is 4. The van der Waals surface area contributed by atoms with E-state index in [1.807, 2.05) is 6.92 Å². The maximum atomic E-state index is 11.4. The van der Waals surface area contributed by atoms with E-state index in [0.717, 1.165) is 32.1 Å². The molecule has 2 aliphatic rings. The lowest BCUT2D eigenvalue weighted by Gasteiger charge is -2.35. The molecule has 5 nitrogen and oxygen atoms in total. The van der Waals surface area contributed by atoms with Crippen molar-refractivity contribution >= 4 is 5.97 Å². The molecule has 1 unspecified atom stereocenters. The van der Waals surface area contributed by atoms with Crippen LogP contribution in [0.25, 0.3) is 0 Å². The number of piperazine rings is 1. The highest BCUT2D eigenvalue weighted by Crippen LogP contribution is 2.27. The van der Waals surface area contributed by atoms with Gasteiger partial charge >= 0.3 is 5.97 Å². The van der Waals surface area contributed by atoms with E-state index in [2.05, 4.69) is 15.1 Å². The smallest absolute Gasteiger partial charge is 0.323 e. The molecule has 20 heavy (non-hydrogen) atoms. The van der Waals surface area contributed by atoms with Crippen LogP contribution in [0, 0.1) is 0 Å². The molecule has 1 aliphatic carbocycles. The number of hydrogen-bond donors (Lipinski definition) is 2. The van der Waals surface area contributed by atoms with Gasteiger partial charge in [0.2, 0.25) is 0 Å². The van der Waals surface area contributed by atoms with Gasteiger partial charge in [-0.15, -0.1) is 0 Å². The van der Waals surface area contributed by atoms with Crippen molar-refractivity contribution in [1.82, 2.24) is 15.1 Å². The van der Waals surface area contributed by atoms with Gasteiger partial charge in [-0.05, 0) is 45.7 Å². The van der Waals surface area contributed by atoms with E-state index < -0.39 is 11.5 Å². The van der Waals surface area contributed by atoms with Gasteiger partial charge < -0.3 is 15.3 Å². The van der Waals surface area contributed by atoms with Crippen molar-refractivity contribution in [1.29, 1.82) is 0 Å². The molecule has 2 N–H and O–H groups in total. The molecule has 5 heteroatoms. The summed E-state index contributed by atoms with van der Waals surface area (Å²) < 4.78 is 0. The SMILES string of the molecule is CCC(CCCN1CCN(C2CC2)CC1)(NC)C(=O)O. The highest BCUT2D eigenvalue weighted by molar-refractivity contribution is 5.78. The van der Waals surface area contributed by atoms with Crippen molar-refractivity contribution in [3.05, 3.63) is 0 Å². The second-order valence-corrected chi connectivity index (χ2v) is 6.20. The second-order valence-electron chi connectivity index (χ2n) is 6.20. The topological polar surface area (TPSA) is 55.8 Å². The van der Waals surface area contributed by atoms with E-state index in [-0.39, 0.29) is 0 Å². The van der Waals surface area contributed by atoms with Crippen LogP contribution < -0.4 is 5.32 Å². The fourth-order valence-electron chi connectivity index (χ4n) is 3.24. The Hall–Kier alpha value is -0.650. The molecule has 116 valence electrons. The van der Waals surface area contributed by atoms with Crippen LogP contribution in [0.1, 0.15) is 39.0 Å². The molecule has 0 radical (unpaired) electrons. The molecule has 2 fully saturated rings. The predicted molar refractivity (Wildman–Crippen MR) is 80.0 cm³/mol. The molecular weight excluding hydrogens is 254 g/mol. The summed E-state index contributed by atoms with van der Waals surface area (Å²) in [4.78, 5) is 16.5. The quantitative estimate of drug-likeness (QED) is 0.696. The summed E-state index contributed by atoms with van der Waals surface area (Å²) in [6, 6.07) is 0.876. The van der Waals surface area contributed by atoms with Crippen molar-refractivity contribution in [3.8, 4) is 0 Å². The van der Waals surface area contributed by atoms with Crippen LogP contribution in [-0.2, 0) is 4.79 Å². The lowest BCUT2D eigenvalue weighted by atomic mass is 9.90. The minimum Gasteiger partial charge on any atom is -0.480 e. The van der Waals surface area contributed by atoms with Gasteiger partial charge in [0.05, 0.1) is 0 Å². The van der Waals surface area contributed by atoms with Gasteiger partial charge in [0.1, 0.15) is 5.54 Å². The Morgan fingerprint density at radius 1 is 1.30 bits per heavy atom. The molecule has 2 rings (SSSR count). The number of carbonyl (C=O) groups is 1.